The van der Waals surface area contributed by atoms with Gasteiger partial charge >= 0.3 is 0 Å². The lowest BCUT2D eigenvalue weighted by atomic mass is 9.81. The lowest BCUT2D eigenvalue weighted by Gasteiger charge is -2.35. The van der Waals surface area contributed by atoms with Crippen LogP contribution in [0.25, 0.3) is 10.8 Å². The van der Waals surface area contributed by atoms with Crippen molar-refractivity contribution in [2.75, 3.05) is 4.90 Å². The van der Waals surface area contributed by atoms with E-state index in [9.17, 15) is 9.18 Å². The Bertz CT molecular complexity index is 1270. The van der Waals surface area contributed by atoms with Crippen molar-refractivity contribution < 1.29 is 9.18 Å². The fraction of sp³-hybridized carbons (Fsp3) is 0.115. The molecule has 0 radical (unpaired) electrons. The predicted octanol–water partition coefficient (Wildman–Crippen LogP) is 6.70. The number of halogens is 2. The molecule has 1 aliphatic rings. The first-order valence-electron chi connectivity index (χ1n) is 9.92. The minimum atomic E-state index is -0.291. The van der Waals surface area contributed by atoms with E-state index < -0.39 is 0 Å². The van der Waals surface area contributed by atoms with Crippen LogP contribution in [0.1, 0.15) is 29.0 Å². The highest BCUT2D eigenvalue weighted by atomic mass is 35.5. The fourth-order valence-corrected chi connectivity index (χ4v) is 4.58. The molecule has 0 N–H and O–H groups in total. The second-order valence-corrected chi connectivity index (χ2v) is 8.01. The van der Waals surface area contributed by atoms with Crippen molar-refractivity contribution in [2.45, 2.75) is 18.9 Å². The highest BCUT2D eigenvalue weighted by Crippen LogP contribution is 2.44. The number of fused-ring (bicyclic) bond motifs is 3. The van der Waals surface area contributed by atoms with Gasteiger partial charge in [-0.25, -0.2) is 4.39 Å². The quantitative estimate of drug-likeness (QED) is 0.364. The van der Waals surface area contributed by atoms with E-state index in [2.05, 4.69) is 12.1 Å². The second kappa shape index (κ2) is 7.58. The Hall–Kier alpha value is -3.17. The summed E-state index contributed by atoms with van der Waals surface area (Å²) < 4.78 is 14.0. The van der Waals surface area contributed by atoms with Crippen molar-refractivity contribution in [1.29, 1.82) is 0 Å². The maximum Gasteiger partial charge on any atom is 0.228 e. The molecule has 0 bridgehead atoms. The number of benzene rings is 4. The molecule has 1 atom stereocenters. The molecule has 1 unspecified atom stereocenters. The van der Waals surface area contributed by atoms with E-state index in [1.165, 1.54) is 12.1 Å². The average molecular weight is 416 g/mol. The zero-order chi connectivity index (χ0) is 20.7. The summed E-state index contributed by atoms with van der Waals surface area (Å²) in [5.74, 6) is -0.482. The molecule has 0 saturated carbocycles. The fourth-order valence-electron chi connectivity index (χ4n) is 4.39. The summed E-state index contributed by atoms with van der Waals surface area (Å²) in [4.78, 5) is 15.1. The number of carbonyl (C=O) groups is 1. The van der Waals surface area contributed by atoms with E-state index >= 15 is 0 Å². The van der Waals surface area contributed by atoms with Gasteiger partial charge in [0.15, 0.2) is 0 Å². The number of anilines is 1. The van der Waals surface area contributed by atoms with Crippen LogP contribution in [0.4, 0.5) is 10.1 Å². The van der Waals surface area contributed by atoms with Crippen LogP contribution in [0.15, 0.2) is 84.9 Å². The third-order valence-corrected chi connectivity index (χ3v) is 6.17. The van der Waals surface area contributed by atoms with E-state index in [0.717, 1.165) is 33.2 Å². The Balaban J connectivity index is 1.70. The molecular formula is C26H19ClFNO. The van der Waals surface area contributed by atoms with Crippen LogP contribution in [0.5, 0.6) is 0 Å². The van der Waals surface area contributed by atoms with Crippen molar-refractivity contribution in [2.24, 2.45) is 0 Å². The standard InChI is InChI=1S/C26H19ClFNO/c27-23-11-4-2-7-19(23)16-29-24-13-12-17-6-1-3-10-21(17)26(24)22(15-25(29)30)18-8-5-9-20(28)14-18/h1-14,22H,15-16H2. The van der Waals surface area contributed by atoms with Gasteiger partial charge in [-0.15, -0.1) is 0 Å². The molecule has 2 nitrogen and oxygen atoms in total. The van der Waals surface area contributed by atoms with Crippen LogP contribution in [-0.4, -0.2) is 5.91 Å². The molecule has 1 heterocycles. The van der Waals surface area contributed by atoms with Gasteiger partial charge in [-0.2, -0.15) is 0 Å². The highest BCUT2D eigenvalue weighted by molar-refractivity contribution is 6.31. The molecule has 148 valence electrons. The van der Waals surface area contributed by atoms with Crippen molar-refractivity contribution in [3.63, 3.8) is 0 Å². The van der Waals surface area contributed by atoms with Crippen LogP contribution in [0.2, 0.25) is 5.02 Å². The third kappa shape index (κ3) is 3.25. The summed E-state index contributed by atoms with van der Waals surface area (Å²) in [7, 11) is 0. The molecule has 0 saturated heterocycles. The van der Waals surface area contributed by atoms with Crippen LogP contribution in [0, 0.1) is 5.82 Å². The maximum absolute atomic E-state index is 14.0. The summed E-state index contributed by atoms with van der Waals surface area (Å²) in [6.07, 6.45) is 0.287. The molecule has 0 aliphatic carbocycles. The van der Waals surface area contributed by atoms with Crippen molar-refractivity contribution >= 4 is 34.0 Å². The number of hydrogen-bond acceptors (Lipinski definition) is 1. The molecule has 1 amide bonds. The molecule has 0 spiro atoms. The zero-order valence-electron chi connectivity index (χ0n) is 16.2. The van der Waals surface area contributed by atoms with Crippen LogP contribution in [-0.2, 0) is 11.3 Å². The molecule has 0 aromatic heterocycles. The van der Waals surface area contributed by atoms with Gasteiger partial charge < -0.3 is 4.90 Å². The Morgan fingerprint density at radius 1 is 0.933 bits per heavy atom. The highest BCUT2D eigenvalue weighted by Gasteiger charge is 2.34. The number of rotatable bonds is 3. The molecular weight excluding hydrogens is 397 g/mol. The molecule has 0 fully saturated rings. The van der Waals surface area contributed by atoms with Gasteiger partial charge in [-0.3, -0.25) is 4.79 Å². The smallest absolute Gasteiger partial charge is 0.228 e. The van der Waals surface area contributed by atoms with Gasteiger partial charge in [0.2, 0.25) is 5.91 Å². The number of amides is 1. The second-order valence-electron chi connectivity index (χ2n) is 7.60. The lowest BCUT2D eigenvalue weighted by molar-refractivity contribution is -0.119. The first kappa shape index (κ1) is 18.8. The Morgan fingerprint density at radius 2 is 1.73 bits per heavy atom. The van der Waals surface area contributed by atoms with Crippen LogP contribution < -0.4 is 4.90 Å². The summed E-state index contributed by atoms with van der Waals surface area (Å²) in [5, 5.41) is 2.82. The van der Waals surface area contributed by atoms with Gasteiger partial charge in [0, 0.05) is 23.0 Å². The minimum Gasteiger partial charge on any atom is -0.308 e. The molecule has 30 heavy (non-hydrogen) atoms. The molecule has 1 aliphatic heterocycles. The predicted molar refractivity (Wildman–Crippen MR) is 119 cm³/mol. The number of carbonyl (C=O) groups excluding carboxylic acids is 1. The van der Waals surface area contributed by atoms with E-state index in [0.29, 0.717) is 11.6 Å². The SMILES string of the molecule is O=C1CC(c2cccc(F)c2)c2c(ccc3ccccc23)N1Cc1ccccc1Cl. The lowest BCUT2D eigenvalue weighted by Crippen LogP contribution is -2.36. The van der Waals surface area contributed by atoms with Crippen molar-refractivity contribution in [3.05, 3.63) is 112 Å². The Kier molecular flexibility index (Phi) is 4.76. The zero-order valence-corrected chi connectivity index (χ0v) is 16.9. The summed E-state index contributed by atoms with van der Waals surface area (Å²) in [5.41, 5.74) is 3.64. The van der Waals surface area contributed by atoms with Crippen LogP contribution >= 0.6 is 11.6 Å². The summed E-state index contributed by atoms with van der Waals surface area (Å²) >= 11 is 6.38. The van der Waals surface area contributed by atoms with E-state index in [1.807, 2.05) is 54.6 Å². The molecule has 4 aromatic carbocycles. The molecule has 5 rings (SSSR count). The summed E-state index contributed by atoms with van der Waals surface area (Å²) in [6, 6.07) is 26.3. The first-order valence-corrected chi connectivity index (χ1v) is 10.3. The third-order valence-electron chi connectivity index (χ3n) is 5.80. The van der Waals surface area contributed by atoms with Gasteiger partial charge in [-0.1, -0.05) is 72.3 Å². The van der Waals surface area contributed by atoms with Crippen LogP contribution in [0.3, 0.4) is 0 Å². The molecule has 4 aromatic rings. The number of hydrogen-bond donors (Lipinski definition) is 0. The van der Waals surface area contributed by atoms with Crippen molar-refractivity contribution in [3.8, 4) is 0 Å². The van der Waals surface area contributed by atoms with Gasteiger partial charge in [0.25, 0.3) is 0 Å². The van der Waals surface area contributed by atoms with Crippen molar-refractivity contribution in [1.82, 2.24) is 0 Å². The monoisotopic (exact) mass is 415 g/mol. The Labute approximate surface area is 179 Å². The van der Waals surface area contributed by atoms with E-state index in [4.69, 9.17) is 11.6 Å². The Morgan fingerprint density at radius 3 is 2.57 bits per heavy atom. The van der Waals surface area contributed by atoms with Gasteiger partial charge in [-0.05, 0) is 51.7 Å². The molecule has 4 heteroatoms. The largest absolute Gasteiger partial charge is 0.308 e. The normalized spacial score (nSPS) is 16.0. The number of nitrogens with zero attached hydrogens (tertiary/aromatic N) is 1. The van der Waals surface area contributed by atoms with Gasteiger partial charge in [0.1, 0.15) is 5.82 Å². The van der Waals surface area contributed by atoms with Gasteiger partial charge in [0.05, 0.1) is 6.54 Å². The summed E-state index contributed by atoms with van der Waals surface area (Å²) in [6.45, 7) is 0.402. The minimum absolute atomic E-state index is 0.00645. The van der Waals surface area contributed by atoms with E-state index in [-0.39, 0.29) is 24.1 Å². The average Bonchev–Trinajstić information content (AvgIpc) is 2.76. The topological polar surface area (TPSA) is 20.3 Å². The van der Waals surface area contributed by atoms with E-state index in [1.54, 1.807) is 11.0 Å². The maximum atomic E-state index is 14.0. The first-order chi connectivity index (χ1) is 14.6.